The van der Waals surface area contributed by atoms with Crippen molar-refractivity contribution in [1.29, 1.82) is 0 Å². The molecule has 4 rings (SSSR count). The molecule has 11 heteroatoms. The van der Waals surface area contributed by atoms with E-state index < -0.39 is 29.0 Å². The zero-order valence-electron chi connectivity index (χ0n) is 18.3. The van der Waals surface area contributed by atoms with Crippen molar-refractivity contribution in [2.45, 2.75) is 46.2 Å². The predicted octanol–water partition coefficient (Wildman–Crippen LogP) is 2.68. The van der Waals surface area contributed by atoms with Crippen molar-refractivity contribution >= 4 is 23.1 Å². The van der Waals surface area contributed by atoms with Crippen molar-refractivity contribution in [2.75, 3.05) is 18.9 Å². The van der Waals surface area contributed by atoms with Gasteiger partial charge in [-0.2, -0.15) is 0 Å². The summed E-state index contributed by atoms with van der Waals surface area (Å²) in [6.07, 6.45) is 1.59. The fourth-order valence-corrected chi connectivity index (χ4v) is 3.99. The number of amides is 1. The molecule has 32 heavy (non-hydrogen) atoms. The van der Waals surface area contributed by atoms with Crippen LogP contribution in [0, 0.1) is 17.2 Å². The third-order valence-corrected chi connectivity index (χ3v) is 5.71. The molecule has 0 aliphatic carbocycles. The maximum Gasteiger partial charge on any atom is 0.337 e. The van der Waals surface area contributed by atoms with Gasteiger partial charge < -0.3 is 20.2 Å². The summed E-state index contributed by atoms with van der Waals surface area (Å²) in [5, 5.41) is 10.4. The third kappa shape index (κ3) is 4.24. The van der Waals surface area contributed by atoms with Crippen LogP contribution in [0.4, 0.5) is 15.2 Å². The van der Waals surface area contributed by atoms with Crippen molar-refractivity contribution < 1.29 is 18.3 Å². The number of halogens is 1. The molecule has 0 unspecified atom stereocenters. The molecule has 0 spiro atoms. The molecular weight excluding hydrogens is 419 g/mol. The number of ether oxygens (including phenoxy) is 1. The Morgan fingerprint density at radius 2 is 2.00 bits per heavy atom. The largest absolute Gasteiger partial charge is 0.406 e. The molecule has 3 N–H and O–H groups in total. The first-order valence-electron chi connectivity index (χ1n) is 10.5. The minimum atomic E-state index is -0.707. The van der Waals surface area contributed by atoms with E-state index in [1.165, 1.54) is 22.8 Å². The van der Waals surface area contributed by atoms with Crippen LogP contribution in [-0.2, 0) is 11.3 Å². The van der Waals surface area contributed by atoms with Gasteiger partial charge in [0.15, 0.2) is 0 Å². The van der Waals surface area contributed by atoms with E-state index in [1.807, 2.05) is 20.8 Å². The molecular formula is C21H27FN6O4. The fraction of sp³-hybridized carbons (Fsp3) is 0.524. The number of hydrogen-bond donors (Lipinski definition) is 2. The van der Waals surface area contributed by atoms with Gasteiger partial charge in [-0.05, 0) is 42.4 Å². The Labute approximate surface area is 183 Å². The highest BCUT2D eigenvalue weighted by Crippen LogP contribution is 2.32. The average molecular weight is 446 g/mol. The number of anilines is 1. The van der Waals surface area contributed by atoms with Gasteiger partial charge in [0.05, 0.1) is 11.0 Å². The molecule has 0 saturated carbocycles. The molecule has 1 aromatic carbocycles. The van der Waals surface area contributed by atoms with Gasteiger partial charge in [-0.3, -0.25) is 4.57 Å². The monoisotopic (exact) mass is 446 g/mol. The van der Waals surface area contributed by atoms with Crippen molar-refractivity contribution in [3.63, 3.8) is 0 Å². The quantitative estimate of drug-likeness (QED) is 0.630. The maximum absolute atomic E-state index is 14.0. The number of carbonyl (C=O) groups is 1. The average Bonchev–Trinajstić information content (AvgIpc) is 3.27. The summed E-state index contributed by atoms with van der Waals surface area (Å²) in [7, 11) is 0. The van der Waals surface area contributed by atoms with Crippen LogP contribution in [0.1, 0.15) is 45.5 Å². The number of benzene rings is 1. The Morgan fingerprint density at radius 1 is 1.28 bits per heavy atom. The second kappa shape index (κ2) is 8.38. The molecule has 172 valence electrons. The van der Waals surface area contributed by atoms with E-state index >= 15 is 0 Å². The summed E-state index contributed by atoms with van der Waals surface area (Å²) in [5.41, 5.74) is 5.18. The highest BCUT2D eigenvalue weighted by atomic mass is 19.1. The van der Waals surface area contributed by atoms with E-state index in [4.69, 9.17) is 14.9 Å². The number of rotatable bonds is 4. The minimum absolute atomic E-state index is 0.121. The lowest BCUT2D eigenvalue weighted by Crippen LogP contribution is -2.43. The van der Waals surface area contributed by atoms with E-state index in [-0.39, 0.29) is 17.8 Å². The Balaban J connectivity index is 1.73. The lowest BCUT2D eigenvalue weighted by Gasteiger charge is -2.28. The normalized spacial score (nSPS) is 16.4. The number of nitrogen functional groups attached to an aromatic ring is 1. The topological polar surface area (TPSA) is 130 Å². The van der Waals surface area contributed by atoms with E-state index in [0.717, 1.165) is 17.4 Å². The highest BCUT2D eigenvalue weighted by Gasteiger charge is 2.34. The van der Waals surface area contributed by atoms with E-state index in [2.05, 4.69) is 15.5 Å². The Kier molecular flexibility index (Phi) is 5.76. The standard InChI is InChI=1S/C21H27FN6O4/c1-21(2,3)16(17-25-26-18(23)32-17)24-19(29)28-14-5-4-13(22)10-15(14)27(20(28)30)11-12-6-8-31-9-7-12/h4-5,10,12,16H,6-9,11H2,1-3H3,(H2,23,26)(H,24,29)/t16-/m1/s1. The molecule has 2 aromatic heterocycles. The number of fused-ring (bicyclic) bond motifs is 1. The van der Waals surface area contributed by atoms with Gasteiger partial charge >= 0.3 is 17.7 Å². The van der Waals surface area contributed by atoms with Crippen LogP contribution in [0.15, 0.2) is 27.4 Å². The minimum Gasteiger partial charge on any atom is -0.406 e. The van der Waals surface area contributed by atoms with E-state index in [9.17, 15) is 14.0 Å². The van der Waals surface area contributed by atoms with Crippen LogP contribution in [0.3, 0.4) is 0 Å². The first kappa shape index (κ1) is 22.0. The van der Waals surface area contributed by atoms with Gasteiger partial charge in [-0.25, -0.2) is 18.5 Å². The Hall–Kier alpha value is -3.21. The summed E-state index contributed by atoms with van der Waals surface area (Å²) in [6, 6.07) is 2.44. The number of aromatic nitrogens is 4. The fourth-order valence-electron chi connectivity index (χ4n) is 3.99. The van der Waals surface area contributed by atoms with E-state index in [0.29, 0.717) is 30.8 Å². The molecule has 10 nitrogen and oxygen atoms in total. The zero-order valence-corrected chi connectivity index (χ0v) is 18.3. The van der Waals surface area contributed by atoms with Crippen molar-refractivity contribution in [1.82, 2.24) is 24.6 Å². The maximum atomic E-state index is 14.0. The molecule has 3 heterocycles. The first-order valence-corrected chi connectivity index (χ1v) is 10.5. The van der Waals surface area contributed by atoms with Crippen LogP contribution in [0.5, 0.6) is 0 Å². The number of imidazole rings is 1. The van der Waals surface area contributed by atoms with Crippen molar-refractivity contribution in [3.05, 3.63) is 40.4 Å². The number of nitrogens with one attached hydrogen (secondary N) is 1. The first-order chi connectivity index (χ1) is 15.1. The number of carbonyl (C=O) groups excluding carboxylic acids is 1. The molecule has 0 bridgehead atoms. The summed E-state index contributed by atoms with van der Waals surface area (Å²) in [6.45, 7) is 7.26. The van der Waals surface area contributed by atoms with Gasteiger partial charge in [0.25, 0.3) is 0 Å². The van der Waals surface area contributed by atoms with Crippen molar-refractivity contribution in [2.24, 2.45) is 11.3 Å². The van der Waals surface area contributed by atoms with E-state index in [1.54, 1.807) is 0 Å². The zero-order chi connectivity index (χ0) is 23.0. The molecule has 1 amide bonds. The Bertz CT molecular complexity index is 1190. The summed E-state index contributed by atoms with van der Waals surface area (Å²) in [5.74, 6) is -0.145. The number of nitrogens with two attached hydrogens (primary N) is 1. The Morgan fingerprint density at radius 3 is 2.62 bits per heavy atom. The van der Waals surface area contributed by atoms with Crippen LogP contribution >= 0.6 is 0 Å². The lowest BCUT2D eigenvalue weighted by molar-refractivity contribution is 0.0613. The van der Waals surface area contributed by atoms with Crippen molar-refractivity contribution in [3.8, 4) is 0 Å². The summed E-state index contributed by atoms with van der Waals surface area (Å²) in [4.78, 5) is 26.6. The lowest BCUT2D eigenvalue weighted by atomic mass is 9.86. The molecule has 3 aromatic rings. The van der Waals surface area contributed by atoms with Gasteiger partial charge in [-0.1, -0.05) is 25.9 Å². The molecule has 1 atom stereocenters. The van der Waals surface area contributed by atoms with Crippen LogP contribution in [-0.4, -0.2) is 38.6 Å². The SMILES string of the molecule is CC(C)(C)[C@H](NC(=O)n1c(=O)n(CC2CCOCC2)c2cc(F)ccc21)c1nnc(N)o1. The number of hydrogen-bond acceptors (Lipinski definition) is 7. The molecule has 1 aliphatic rings. The smallest absolute Gasteiger partial charge is 0.337 e. The van der Waals surface area contributed by atoms with Gasteiger partial charge in [0, 0.05) is 19.8 Å². The predicted molar refractivity (Wildman–Crippen MR) is 115 cm³/mol. The van der Waals surface area contributed by atoms with Gasteiger partial charge in [0.1, 0.15) is 11.9 Å². The summed E-state index contributed by atoms with van der Waals surface area (Å²) >= 11 is 0. The van der Waals surface area contributed by atoms with Crippen LogP contribution < -0.4 is 16.7 Å². The molecule has 1 fully saturated rings. The number of nitrogens with zero attached hydrogens (tertiary/aromatic N) is 4. The van der Waals surface area contributed by atoms with Crippen LogP contribution in [0.2, 0.25) is 0 Å². The van der Waals surface area contributed by atoms with Crippen LogP contribution in [0.25, 0.3) is 11.0 Å². The molecule has 1 aliphatic heterocycles. The highest BCUT2D eigenvalue weighted by molar-refractivity contribution is 5.89. The molecule has 0 radical (unpaired) electrons. The van der Waals surface area contributed by atoms with Gasteiger partial charge in [0.2, 0.25) is 5.89 Å². The molecule has 1 saturated heterocycles. The van der Waals surface area contributed by atoms with Gasteiger partial charge in [-0.15, -0.1) is 5.10 Å². The second-order valence-electron chi connectivity index (χ2n) is 9.14. The second-order valence-corrected chi connectivity index (χ2v) is 9.14. The summed E-state index contributed by atoms with van der Waals surface area (Å²) < 4.78 is 27.3. The third-order valence-electron chi connectivity index (χ3n) is 5.71.